The molecule has 0 aliphatic rings. The van der Waals surface area contributed by atoms with Crippen molar-refractivity contribution in [1.82, 2.24) is 0 Å². The molecule has 3 N–H and O–H groups in total. The maximum absolute atomic E-state index is 11.1. The molecule has 0 saturated heterocycles. The highest BCUT2D eigenvalue weighted by Gasteiger charge is 2.11. The van der Waals surface area contributed by atoms with Gasteiger partial charge in [0.25, 0.3) is 0 Å². The number of amides is 1. The molecule has 0 spiro atoms. The van der Waals surface area contributed by atoms with Crippen LogP contribution in [-0.2, 0) is 11.3 Å². The molecule has 0 atom stereocenters. The smallest absolute Gasteiger partial charge is 0.248 e. The van der Waals surface area contributed by atoms with Crippen LogP contribution in [0.5, 0.6) is 0 Å². The minimum atomic E-state index is -0.194. The molecule has 4 heteroatoms. The van der Waals surface area contributed by atoms with Crippen LogP contribution in [0.25, 0.3) is 0 Å². The van der Waals surface area contributed by atoms with E-state index in [1.165, 1.54) is 11.0 Å². The Labute approximate surface area is 87.6 Å². The van der Waals surface area contributed by atoms with Gasteiger partial charge in [-0.1, -0.05) is 6.58 Å². The topological polar surface area (TPSA) is 55.1 Å². The number of anilines is 1. The van der Waals surface area contributed by atoms with Gasteiger partial charge in [0.1, 0.15) is 5.00 Å². The van der Waals surface area contributed by atoms with E-state index >= 15 is 0 Å². The van der Waals surface area contributed by atoms with E-state index in [1.807, 2.05) is 13.8 Å². The number of rotatable bonds is 3. The number of carbonyl (C=O) groups excluding carboxylic acids is 1. The van der Waals surface area contributed by atoms with Crippen molar-refractivity contribution in [2.75, 3.05) is 5.32 Å². The average Bonchev–Trinajstić information content (AvgIpc) is 2.42. The molecule has 0 aliphatic carbocycles. The Hall–Kier alpha value is -1.13. The fourth-order valence-corrected chi connectivity index (χ4v) is 2.28. The Bertz CT molecular complexity index is 368. The molecule has 0 aromatic carbocycles. The molecule has 1 amide bonds. The van der Waals surface area contributed by atoms with Gasteiger partial charge >= 0.3 is 0 Å². The lowest BCUT2D eigenvalue weighted by molar-refractivity contribution is -0.111. The summed E-state index contributed by atoms with van der Waals surface area (Å²) in [5.74, 6) is -0.194. The molecule has 0 aliphatic heterocycles. The number of hydrogen-bond donors (Lipinski definition) is 2. The van der Waals surface area contributed by atoms with E-state index in [9.17, 15) is 4.79 Å². The predicted molar refractivity (Wildman–Crippen MR) is 60.5 cm³/mol. The molecule has 0 saturated carbocycles. The van der Waals surface area contributed by atoms with Crippen LogP contribution in [0, 0.1) is 13.8 Å². The molecular weight excluding hydrogens is 196 g/mol. The highest BCUT2D eigenvalue weighted by Crippen LogP contribution is 2.31. The first-order valence-corrected chi connectivity index (χ1v) is 5.14. The molecule has 1 heterocycles. The van der Waals surface area contributed by atoms with Gasteiger partial charge in [0.05, 0.1) is 0 Å². The number of carbonyl (C=O) groups is 1. The maximum Gasteiger partial charge on any atom is 0.248 e. The standard InChI is InChI=1S/C10H14N2OS/c1-4-9(13)12-10-8(5-11)6(2)7(3)14-10/h4H,1,5,11H2,2-3H3,(H,12,13). The summed E-state index contributed by atoms with van der Waals surface area (Å²) in [7, 11) is 0. The zero-order valence-corrected chi connectivity index (χ0v) is 9.20. The van der Waals surface area contributed by atoms with E-state index < -0.39 is 0 Å². The molecule has 3 nitrogen and oxygen atoms in total. The predicted octanol–water partition coefficient (Wildman–Crippen LogP) is 1.95. The lowest BCUT2D eigenvalue weighted by atomic mass is 10.1. The zero-order valence-electron chi connectivity index (χ0n) is 8.39. The van der Waals surface area contributed by atoms with Crippen LogP contribution in [0.2, 0.25) is 0 Å². The molecule has 0 radical (unpaired) electrons. The highest BCUT2D eigenvalue weighted by atomic mass is 32.1. The molecule has 0 bridgehead atoms. The van der Waals surface area contributed by atoms with Gasteiger partial charge in [0, 0.05) is 17.0 Å². The Morgan fingerprint density at radius 2 is 2.29 bits per heavy atom. The summed E-state index contributed by atoms with van der Waals surface area (Å²) in [6.07, 6.45) is 1.25. The molecule has 14 heavy (non-hydrogen) atoms. The van der Waals surface area contributed by atoms with Crippen molar-refractivity contribution in [3.05, 3.63) is 28.7 Å². The summed E-state index contributed by atoms with van der Waals surface area (Å²) in [5, 5.41) is 3.59. The van der Waals surface area contributed by atoms with Gasteiger partial charge in [-0.3, -0.25) is 4.79 Å². The molecule has 0 unspecified atom stereocenters. The first-order valence-electron chi connectivity index (χ1n) is 4.32. The monoisotopic (exact) mass is 210 g/mol. The van der Waals surface area contributed by atoms with Crippen molar-refractivity contribution in [3.8, 4) is 0 Å². The third-order valence-electron chi connectivity index (χ3n) is 2.14. The van der Waals surface area contributed by atoms with Crippen molar-refractivity contribution in [2.24, 2.45) is 5.73 Å². The van der Waals surface area contributed by atoms with Gasteiger partial charge in [0.2, 0.25) is 5.91 Å². The van der Waals surface area contributed by atoms with Crippen molar-refractivity contribution in [2.45, 2.75) is 20.4 Å². The van der Waals surface area contributed by atoms with E-state index in [4.69, 9.17) is 5.73 Å². The first-order chi connectivity index (χ1) is 6.60. The second-order valence-electron chi connectivity index (χ2n) is 2.99. The minimum absolute atomic E-state index is 0.194. The van der Waals surface area contributed by atoms with Crippen LogP contribution in [0.4, 0.5) is 5.00 Å². The Morgan fingerprint density at radius 3 is 2.79 bits per heavy atom. The summed E-state index contributed by atoms with van der Waals surface area (Å²) >= 11 is 1.55. The molecule has 1 aromatic heterocycles. The third kappa shape index (κ3) is 2.02. The largest absolute Gasteiger partial charge is 0.326 e. The summed E-state index contributed by atoms with van der Waals surface area (Å²) in [6.45, 7) is 7.88. The number of nitrogens with one attached hydrogen (secondary N) is 1. The van der Waals surface area contributed by atoms with E-state index in [2.05, 4.69) is 11.9 Å². The number of nitrogens with two attached hydrogens (primary N) is 1. The van der Waals surface area contributed by atoms with Gasteiger partial charge in [-0.15, -0.1) is 11.3 Å². The second-order valence-corrected chi connectivity index (χ2v) is 4.21. The highest BCUT2D eigenvalue weighted by molar-refractivity contribution is 7.16. The van der Waals surface area contributed by atoms with Gasteiger partial charge in [-0.25, -0.2) is 0 Å². The van der Waals surface area contributed by atoms with Crippen molar-refractivity contribution < 1.29 is 4.79 Å². The van der Waals surface area contributed by atoms with Gasteiger partial charge < -0.3 is 11.1 Å². The fraction of sp³-hybridized carbons (Fsp3) is 0.300. The average molecular weight is 210 g/mol. The van der Waals surface area contributed by atoms with Crippen molar-refractivity contribution in [1.29, 1.82) is 0 Å². The van der Waals surface area contributed by atoms with Crippen molar-refractivity contribution in [3.63, 3.8) is 0 Å². The molecule has 0 fully saturated rings. The second kappa shape index (κ2) is 4.39. The summed E-state index contributed by atoms with van der Waals surface area (Å²) < 4.78 is 0. The number of hydrogen-bond acceptors (Lipinski definition) is 3. The Morgan fingerprint density at radius 1 is 1.64 bits per heavy atom. The van der Waals surface area contributed by atoms with E-state index in [0.717, 1.165) is 16.1 Å². The Kier molecular flexibility index (Phi) is 3.43. The van der Waals surface area contributed by atoms with Crippen LogP contribution in [-0.4, -0.2) is 5.91 Å². The fourth-order valence-electron chi connectivity index (χ4n) is 1.18. The number of aryl methyl sites for hydroxylation is 1. The van der Waals surface area contributed by atoms with Gasteiger partial charge in [-0.05, 0) is 25.5 Å². The lowest BCUT2D eigenvalue weighted by Crippen LogP contribution is -2.09. The molecule has 1 aromatic rings. The zero-order chi connectivity index (χ0) is 10.7. The van der Waals surface area contributed by atoms with Crippen LogP contribution >= 0.6 is 11.3 Å². The van der Waals surface area contributed by atoms with Crippen LogP contribution in [0.1, 0.15) is 16.0 Å². The maximum atomic E-state index is 11.1. The van der Waals surface area contributed by atoms with Gasteiger partial charge in [-0.2, -0.15) is 0 Å². The van der Waals surface area contributed by atoms with Crippen LogP contribution in [0.3, 0.4) is 0 Å². The summed E-state index contributed by atoms with van der Waals surface area (Å²) in [4.78, 5) is 12.3. The summed E-state index contributed by atoms with van der Waals surface area (Å²) in [5.41, 5.74) is 7.79. The SMILES string of the molecule is C=CC(=O)Nc1sc(C)c(C)c1CN. The first kappa shape index (κ1) is 10.9. The van der Waals surface area contributed by atoms with Gasteiger partial charge in [0.15, 0.2) is 0 Å². The Balaban J connectivity index is 3.02. The third-order valence-corrected chi connectivity index (χ3v) is 3.30. The van der Waals surface area contributed by atoms with E-state index in [-0.39, 0.29) is 5.91 Å². The minimum Gasteiger partial charge on any atom is -0.326 e. The lowest BCUT2D eigenvalue weighted by Gasteiger charge is -2.02. The molecule has 76 valence electrons. The van der Waals surface area contributed by atoms with E-state index in [1.54, 1.807) is 11.3 Å². The molecule has 1 rings (SSSR count). The van der Waals surface area contributed by atoms with E-state index in [0.29, 0.717) is 6.54 Å². The van der Waals surface area contributed by atoms with Crippen molar-refractivity contribution >= 4 is 22.2 Å². The molecular formula is C10H14N2OS. The summed E-state index contributed by atoms with van der Waals surface area (Å²) in [6, 6.07) is 0. The quantitative estimate of drug-likeness (QED) is 0.749. The van der Waals surface area contributed by atoms with Crippen LogP contribution in [0.15, 0.2) is 12.7 Å². The normalized spacial score (nSPS) is 9.93. The van der Waals surface area contributed by atoms with Crippen LogP contribution < -0.4 is 11.1 Å². The number of thiophene rings is 1.